The molecule has 1 aliphatic heterocycles. The van der Waals surface area contributed by atoms with Crippen LogP contribution in [0.5, 0.6) is 5.75 Å². The van der Waals surface area contributed by atoms with Crippen LogP contribution in [0, 0.1) is 0 Å². The van der Waals surface area contributed by atoms with Gasteiger partial charge < -0.3 is 14.4 Å². The van der Waals surface area contributed by atoms with Crippen molar-refractivity contribution >= 4 is 17.5 Å². The Morgan fingerprint density at radius 1 is 1.29 bits per heavy atom. The summed E-state index contributed by atoms with van der Waals surface area (Å²) in [5.41, 5.74) is 0.888. The van der Waals surface area contributed by atoms with E-state index in [-0.39, 0.29) is 0 Å². The fourth-order valence-corrected chi connectivity index (χ4v) is 3.99. The summed E-state index contributed by atoms with van der Waals surface area (Å²) in [6.45, 7) is 1.60. The molecule has 1 aliphatic carbocycles. The van der Waals surface area contributed by atoms with Gasteiger partial charge in [0.2, 0.25) is 5.95 Å². The van der Waals surface area contributed by atoms with Crippen LogP contribution >= 0.6 is 11.6 Å². The third-order valence-electron chi connectivity index (χ3n) is 5.00. The minimum absolute atomic E-state index is 0.323. The van der Waals surface area contributed by atoms with Gasteiger partial charge in [-0.2, -0.15) is 0 Å². The van der Waals surface area contributed by atoms with Crippen LogP contribution in [0.4, 0.5) is 5.95 Å². The average molecular weight is 349 g/mol. The second-order valence-corrected chi connectivity index (χ2v) is 6.76. The summed E-state index contributed by atoms with van der Waals surface area (Å²) in [7, 11) is 3.63. The number of hydrogen-bond acceptors (Lipinski definition) is 5. The van der Waals surface area contributed by atoms with E-state index in [1.807, 2.05) is 23.7 Å². The number of benzene rings is 1. The molecule has 1 aromatic carbocycles. The fourth-order valence-electron chi connectivity index (χ4n) is 3.83. The minimum atomic E-state index is 0.323. The molecule has 1 saturated heterocycles. The lowest BCUT2D eigenvalue weighted by Crippen LogP contribution is -2.49. The Hall–Kier alpha value is -1.79. The second kappa shape index (κ2) is 6.26. The van der Waals surface area contributed by atoms with E-state index < -0.39 is 0 Å². The summed E-state index contributed by atoms with van der Waals surface area (Å²) in [6, 6.07) is 5.97. The van der Waals surface area contributed by atoms with E-state index in [0.29, 0.717) is 22.9 Å². The number of hydrogen-bond donors (Lipinski definition) is 0. The molecule has 6 nitrogen and oxygen atoms in total. The number of anilines is 1. The van der Waals surface area contributed by atoms with Crippen LogP contribution in [-0.4, -0.2) is 47.2 Å². The lowest BCUT2D eigenvalue weighted by Gasteiger charge is -2.37. The SMILES string of the molecule is COc1cc(Cl)ccc1-c1nnc(N2CCO[C@H]3CCC[C@H]32)n1C. The number of ether oxygens (including phenoxy) is 2. The number of halogens is 1. The third kappa shape index (κ3) is 2.54. The zero-order chi connectivity index (χ0) is 16.7. The quantitative estimate of drug-likeness (QED) is 0.853. The highest BCUT2D eigenvalue weighted by molar-refractivity contribution is 6.30. The zero-order valence-electron chi connectivity index (χ0n) is 13.9. The number of rotatable bonds is 3. The van der Waals surface area contributed by atoms with Crippen LogP contribution in [-0.2, 0) is 11.8 Å². The number of nitrogens with zero attached hydrogens (tertiary/aromatic N) is 4. The van der Waals surface area contributed by atoms with E-state index in [2.05, 4.69) is 15.1 Å². The standard InChI is InChI=1S/C17H21ClN4O2/c1-21-16(12-7-6-11(18)10-15(12)23-2)19-20-17(21)22-8-9-24-14-5-3-4-13(14)22/h6-7,10,13-14H,3-5,8-9H2,1-2H3/t13-,14+/m1/s1. The van der Waals surface area contributed by atoms with E-state index in [1.165, 1.54) is 6.42 Å². The second-order valence-electron chi connectivity index (χ2n) is 6.33. The molecule has 2 aromatic rings. The van der Waals surface area contributed by atoms with Crippen molar-refractivity contribution < 1.29 is 9.47 Å². The Labute approximate surface area is 146 Å². The van der Waals surface area contributed by atoms with Crippen LogP contribution in [0.2, 0.25) is 5.02 Å². The van der Waals surface area contributed by atoms with Crippen molar-refractivity contribution in [2.24, 2.45) is 7.05 Å². The van der Waals surface area contributed by atoms with Gasteiger partial charge in [0.25, 0.3) is 0 Å². The van der Waals surface area contributed by atoms with Gasteiger partial charge in [-0.15, -0.1) is 10.2 Å². The third-order valence-corrected chi connectivity index (χ3v) is 5.23. The first kappa shape index (κ1) is 15.7. The molecule has 4 rings (SSSR count). The van der Waals surface area contributed by atoms with Gasteiger partial charge in [-0.05, 0) is 37.5 Å². The van der Waals surface area contributed by atoms with Crippen molar-refractivity contribution in [3.63, 3.8) is 0 Å². The van der Waals surface area contributed by atoms with E-state index in [0.717, 1.165) is 43.3 Å². The normalized spacial score (nSPS) is 23.4. The predicted molar refractivity (Wildman–Crippen MR) is 92.7 cm³/mol. The topological polar surface area (TPSA) is 52.4 Å². The maximum atomic E-state index is 6.07. The Morgan fingerprint density at radius 3 is 3.00 bits per heavy atom. The molecular weight excluding hydrogens is 328 g/mol. The Morgan fingerprint density at radius 2 is 2.17 bits per heavy atom. The van der Waals surface area contributed by atoms with Crippen LogP contribution < -0.4 is 9.64 Å². The monoisotopic (exact) mass is 348 g/mol. The molecule has 1 aromatic heterocycles. The van der Waals surface area contributed by atoms with Crippen molar-refractivity contribution in [1.82, 2.24) is 14.8 Å². The average Bonchev–Trinajstić information content (AvgIpc) is 3.21. The number of aromatic nitrogens is 3. The fraction of sp³-hybridized carbons (Fsp3) is 0.529. The van der Waals surface area contributed by atoms with Crippen molar-refractivity contribution in [2.45, 2.75) is 31.4 Å². The molecule has 0 N–H and O–H groups in total. The minimum Gasteiger partial charge on any atom is -0.496 e. The molecule has 24 heavy (non-hydrogen) atoms. The van der Waals surface area contributed by atoms with Gasteiger partial charge in [0.15, 0.2) is 5.82 Å². The summed E-state index contributed by atoms with van der Waals surface area (Å²) < 4.78 is 13.4. The van der Waals surface area contributed by atoms with Crippen molar-refractivity contribution in [3.8, 4) is 17.1 Å². The van der Waals surface area contributed by atoms with Gasteiger partial charge >= 0.3 is 0 Å². The molecule has 0 spiro atoms. The van der Waals surface area contributed by atoms with E-state index in [9.17, 15) is 0 Å². The van der Waals surface area contributed by atoms with Gasteiger partial charge in [0.05, 0.1) is 31.4 Å². The summed E-state index contributed by atoms with van der Waals surface area (Å²) in [6.07, 6.45) is 3.82. The van der Waals surface area contributed by atoms with Gasteiger partial charge in [-0.1, -0.05) is 11.6 Å². The molecule has 0 bridgehead atoms. The van der Waals surface area contributed by atoms with Gasteiger partial charge in [0, 0.05) is 18.6 Å². The predicted octanol–water partition coefficient (Wildman–Crippen LogP) is 2.90. The van der Waals surface area contributed by atoms with E-state index >= 15 is 0 Å². The van der Waals surface area contributed by atoms with Crippen molar-refractivity contribution in [3.05, 3.63) is 23.2 Å². The number of methoxy groups -OCH3 is 1. The lowest BCUT2D eigenvalue weighted by atomic mass is 10.1. The maximum absolute atomic E-state index is 6.07. The molecule has 7 heteroatoms. The van der Waals surface area contributed by atoms with Crippen molar-refractivity contribution in [1.29, 1.82) is 0 Å². The molecule has 2 fully saturated rings. The largest absolute Gasteiger partial charge is 0.496 e. The maximum Gasteiger partial charge on any atom is 0.227 e. The lowest BCUT2D eigenvalue weighted by molar-refractivity contribution is 0.0248. The first-order valence-corrected chi connectivity index (χ1v) is 8.68. The summed E-state index contributed by atoms with van der Waals surface area (Å²) in [5.74, 6) is 2.37. The highest BCUT2D eigenvalue weighted by Gasteiger charge is 2.38. The first-order chi connectivity index (χ1) is 11.7. The Balaban J connectivity index is 1.71. The van der Waals surface area contributed by atoms with Gasteiger partial charge in [-0.3, -0.25) is 4.57 Å². The first-order valence-electron chi connectivity index (χ1n) is 8.30. The number of fused-ring (bicyclic) bond motifs is 1. The van der Waals surface area contributed by atoms with Crippen molar-refractivity contribution in [2.75, 3.05) is 25.2 Å². The van der Waals surface area contributed by atoms with Crippen LogP contribution in [0.25, 0.3) is 11.4 Å². The Bertz CT molecular complexity index is 748. The Kier molecular flexibility index (Phi) is 4.10. The molecule has 0 unspecified atom stereocenters. The zero-order valence-corrected chi connectivity index (χ0v) is 14.7. The van der Waals surface area contributed by atoms with Crippen LogP contribution in [0.15, 0.2) is 18.2 Å². The molecule has 0 radical (unpaired) electrons. The molecule has 2 aliphatic rings. The van der Waals surface area contributed by atoms with E-state index in [1.54, 1.807) is 13.2 Å². The van der Waals surface area contributed by atoms with Crippen LogP contribution in [0.3, 0.4) is 0 Å². The van der Waals surface area contributed by atoms with Crippen LogP contribution in [0.1, 0.15) is 19.3 Å². The molecular formula is C17H21ClN4O2. The van der Waals surface area contributed by atoms with Gasteiger partial charge in [-0.25, -0.2) is 0 Å². The highest BCUT2D eigenvalue weighted by Crippen LogP contribution is 2.35. The highest BCUT2D eigenvalue weighted by atomic mass is 35.5. The molecule has 2 atom stereocenters. The van der Waals surface area contributed by atoms with Gasteiger partial charge in [0.1, 0.15) is 5.75 Å². The molecule has 128 valence electrons. The molecule has 1 saturated carbocycles. The molecule has 0 amide bonds. The summed E-state index contributed by atoms with van der Waals surface area (Å²) >= 11 is 6.07. The van der Waals surface area contributed by atoms with E-state index in [4.69, 9.17) is 21.1 Å². The summed E-state index contributed by atoms with van der Waals surface area (Å²) in [4.78, 5) is 2.35. The smallest absolute Gasteiger partial charge is 0.227 e. The summed E-state index contributed by atoms with van der Waals surface area (Å²) in [5, 5.41) is 9.53. The molecule has 2 heterocycles. The number of morpholine rings is 1.